The molecule has 0 aromatic rings. The highest BCUT2D eigenvalue weighted by Gasteiger charge is 2.27. The Morgan fingerprint density at radius 1 is 1.05 bits per heavy atom. The van der Waals surface area contributed by atoms with Crippen molar-refractivity contribution in [3.63, 3.8) is 0 Å². The Kier molecular flexibility index (Phi) is 8.64. The van der Waals surface area contributed by atoms with Gasteiger partial charge in [-0.05, 0) is 38.1 Å². The smallest absolute Gasteiger partial charge is 0.0700 e. The lowest BCUT2D eigenvalue weighted by Crippen LogP contribution is -2.54. The van der Waals surface area contributed by atoms with Gasteiger partial charge in [0.05, 0.1) is 13.2 Å². The van der Waals surface area contributed by atoms with E-state index in [0.717, 1.165) is 25.2 Å². The van der Waals surface area contributed by atoms with Gasteiger partial charge in [-0.1, -0.05) is 19.3 Å². The molecular formula is C17H34N2O2. The highest BCUT2D eigenvalue weighted by Crippen LogP contribution is 2.27. The minimum absolute atomic E-state index is 0.709. The number of piperazine rings is 1. The van der Waals surface area contributed by atoms with Gasteiger partial charge < -0.3 is 19.7 Å². The lowest BCUT2D eigenvalue weighted by molar-refractivity contribution is 0.0666. The van der Waals surface area contributed by atoms with Gasteiger partial charge in [0.25, 0.3) is 0 Å². The normalized spacial score (nSPS) is 25.3. The van der Waals surface area contributed by atoms with E-state index in [4.69, 9.17) is 9.47 Å². The molecule has 1 N–H and O–H groups in total. The molecular weight excluding hydrogens is 264 g/mol. The summed E-state index contributed by atoms with van der Waals surface area (Å²) in [6, 6.07) is 0.747. The van der Waals surface area contributed by atoms with Gasteiger partial charge in [0.1, 0.15) is 0 Å². The summed E-state index contributed by atoms with van der Waals surface area (Å²) < 4.78 is 10.5. The summed E-state index contributed by atoms with van der Waals surface area (Å²) in [5, 5.41) is 3.76. The van der Waals surface area contributed by atoms with E-state index in [1.807, 2.05) is 0 Å². The van der Waals surface area contributed by atoms with Crippen LogP contribution >= 0.6 is 0 Å². The van der Waals surface area contributed by atoms with Gasteiger partial charge in [-0.2, -0.15) is 0 Å². The van der Waals surface area contributed by atoms with Crippen LogP contribution in [0.1, 0.15) is 44.9 Å². The fourth-order valence-electron chi connectivity index (χ4n) is 3.68. The zero-order valence-corrected chi connectivity index (χ0v) is 13.8. The molecule has 1 aliphatic heterocycles. The third kappa shape index (κ3) is 6.64. The maximum Gasteiger partial charge on any atom is 0.0700 e. The summed E-state index contributed by atoms with van der Waals surface area (Å²) in [6.45, 7) is 7.20. The molecule has 1 atom stereocenters. The maximum atomic E-state index is 5.52. The van der Waals surface area contributed by atoms with Crippen molar-refractivity contribution in [2.75, 3.05) is 53.1 Å². The third-order valence-electron chi connectivity index (χ3n) is 4.95. The van der Waals surface area contributed by atoms with E-state index in [2.05, 4.69) is 10.2 Å². The molecule has 0 bridgehead atoms. The molecule has 1 unspecified atom stereocenters. The maximum absolute atomic E-state index is 5.52. The second-order valence-electron chi connectivity index (χ2n) is 6.57. The highest BCUT2D eigenvalue weighted by molar-refractivity contribution is 4.85. The molecule has 4 nitrogen and oxygen atoms in total. The number of methoxy groups -OCH3 is 1. The van der Waals surface area contributed by atoms with Crippen LogP contribution in [0, 0.1) is 5.92 Å². The number of nitrogens with one attached hydrogen (secondary N) is 1. The van der Waals surface area contributed by atoms with Crippen LogP contribution in [0.25, 0.3) is 0 Å². The molecule has 1 saturated heterocycles. The topological polar surface area (TPSA) is 33.7 Å². The molecule has 4 heteroatoms. The lowest BCUT2D eigenvalue weighted by atomic mass is 9.83. The fraction of sp³-hybridized carbons (Fsp3) is 1.00. The summed E-state index contributed by atoms with van der Waals surface area (Å²) >= 11 is 0. The van der Waals surface area contributed by atoms with Gasteiger partial charge in [0.2, 0.25) is 0 Å². The Labute approximate surface area is 130 Å². The van der Waals surface area contributed by atoms with E-state index in [0.29, 0.717) is 6.61 Å². The van der Waals surface area contributed by atoms with Gasteiger partial charge in [0.15, 0.2) is 0 Å². The standard InChI is InChI=1S/C17H34N2O2/c1-20-13-14-21-12-6-5-10-19-11-9-18-17(15-19)16-7-3-2-4-8-16/h16-18H,2-15H2,1H3. The molecule has 1 saturated carbocycles. The van der Waals surface area contributed by atoms with Gasteiger partial charge in [-0.15, -0.1) is 0 Å². The summed E-state index contributed by atoms with van der Waals surface area (Å²) in [4.78, 5) is 2.66. The molecule has 0 aromatic heterocycles. The summed E-state index contributed by atoms with van der Waals surface area (Å²) in [6.07, 6.45) is 9.66. The minimum atomic E-state index is 0.709. The van der Waals surface area contributed by atoms with Crippen LogP contribution in [0.15, 0.2) is 0 Å². The molecule has 0 aromatic carbocycles. The van der Waals surface area contributed by atoms with Gasteiger partial charge >= 0.3 is 0 Å². The quantitative estimate of drug-likeness (QED) is 0.662. The van der Waals surface area contributed by atoms with Crippen molar-refractivity contribution in [3.8, 4) is 0 Å². The Bertz CT molecular complexity index is 257. The van der Waals surface area contributed by atoms with Crippen LogP contribution in [0.4, 0.5) is 0 Å². The zero-order chi connectivity index (χ0) is 14.8. The second kappa shape index (κ2) is 10.5. The Morgan fingerprint density at radius 3 is 2.71 bits per heavy atom. The first-order valence-electron chi connectivity index (χ1n) is 8.92. The first kappa shape index (κ1) is 17.2. The number of hydrogen-bond acceptors (Lipinski definition) is 4. The monoisotopic (exact) mass is 298 g/mol. The van der Waals surface area contributed by atoms with Gasteiger partial charge in [-0.3, -0.25) is 0 Å². The molecule has 2 rings (SSSR count). The minimum Gasteiger partial charge on any atom is -0.382 e. The van der Waals surface area contributed by atoms with E-state index < -0.39 is 0 Å². The largest absolute Gasteiger partial charge is 0.382 e. The third-order valence-corrected chi connectivity index (χ3v) is 4.95. The Morgan fingerprint density at radius 2 is 1.90 bits per heavy atom. The SMILES string of the molecule is COCCOCCCCN1CCNC(C2CCCCC2)C1. The Hall–Kier alpha value is -0.160. The Balaban J connectivity index is 1.54. The predicted octanol–water partition coefficient (Wildman–Crippen LogP) is 2.28. The van der Waals surface area contributed by atoms with E-state index in [9.17, 15) is 0 Å². The van der Waals surface area contributed by atoms with Crippen LogP contribution in [-0.4, -0.2) is 64.1 Å². The van der Waals surface area contributed by atoms with Crippen molar-refractivity contribution >= 4 is 0 Å². The number of hydrogen-bond donors (Lipinski definition) is 1. The van der Waals surface area contributed by atoms with Crippen molar-refractivity contribution in [2.24, 2.45) is 5.92 Å². The number of unbranched alkanes of at least 4 members (excludes halogenated alkanes) is 1. The van der Waals surface area contributed by atoms with E-state index in [1.54, 1.807) is 7.11 Å². The summed E-state index contributed by atoms with van der Waals surface area (Å²) in [5.41, 5.74) is 0. The zero-order valence-electron chi connectivity index (χ0n) is 13.8. The number of rotatable bonds is 9. The molecule has 1 heterocycles. The van der Waals surface area contributed by atoms with Gasteiger partial charge in [0, 0.05) is 39.4 Å². The molecule has 0 amide bonds. The van der Waals surface area contributed by atoms with Crippen LogP contribution in [0.5, 0.6) is 0 Å². The van der Waals surface area contributed by atoms with Crippen molar-refractivity contribution in [2.45, 2.75) is 51.0 Å². The predicted molar refractivity (Wildman–Crippen MR) is 86.7 cm³/mol. The first-order chi connectivity index (χ1) is 10.4. The molecule has 1 aliphatic carbocycles. The summed E-state index contributed by atoms with van der Waals surface area (Å²) in [5.74, 6) is 0.930. The average molecular weight is 298 g/mol. The van der Waals surface area contributed by atoms with Crippen LogP contribution in [0.2, 0.25) is 0 Å². The van der Waals surface area contributed by atoms with Crippen molar-refractivity contribution in [1.82, 2.24) is 10.2 Å². The highest BCUT2D eigenvalue weighted by atomic mass is 16.5. The summed E-state index contributed by atoms with van der Waals surface area (Å²) in [7, 11) is 1.72. The second-order valence-corrected chi connectivity index (χ2v) is 6.57. The number of ether oxygens (including phenoxy) is 2. The average Bonchev–Trinajstić information content (AvgIpc) is 2.55. The van der Waals surface area contributed by atoms with Crippen molar-refractivity contribution < 1.29 is 9.47 Å². The molecule has 2 aliphatic rings. The van der Waals surface area contributed by atoms with Crippen LogP contribution < -0.4 is 5.32 Å². The lowest BCUT2D eigenvalue weighted by Gasteiger charge is -2.39. The molecule has 2 fully saturated rings. The molecule has 0 spiro atoms. The van der Waals surface area contributed by atoms with Crippen LogP contribution in [-0.2, 0) is 9.47 Å². The molecule has 21 heavy (non-hydrogen) atoms. The molecule has 124 valence electrons. The molecule has 0 radical (unpaired) electrons. The van der Waals surface area contributed by atoms with Gasteiger partial charge in [-0.25, -0.2) is 0 Å². The number of nitrogens with zero attached hydrogens (tertiary/aromatic N) is 1. The van der Waals surface area contributed by atoms with Crippen molar-refractivity contribution in [1.29, 1.82) is 0 Å². The van der Waals surface area contributed by atoms with E-state index in [-0.39, 0.29) is 0 Å². The van der Waals surface area contributed by atoms with Crippen molar-refractivity contribution in [3.05, 3.63) is 0 Å². The van der Waals surface area contributed by atoms with Crippen LogP contribution in [0.3, 0.4) is 0 Å². The fourth-order valence-corrected chi connectivity index (χ4v) is 3.68. The first-order valence-corrected chi connectivity index (χ1v) is 8.92. The van der Waals surface area contributed by atoms with E-state index >= 15 is 0 Å². The van der Waals surface area contributed by atoms with E-state index in [1.165, 1.54) is 71.1 Å².